The minimum absolute atomic E-state index is 0.109. The molecule has 0 amide bonds. The molecule has 3 aliphatic carbocycles. The molecule has 0 saturated heterocycles. The maximum Gasteiger partial charge on any atom is 0.0602 e. The summed E-state index contributed by atoms with van der Waals surface area (Å²) < 4.78 is 0. The first kappa shape index (κ1) is 5.59. The molecule has 0 radical (unpaired) electrons. The van der Waals surface area contributed by atoms with Crippen LogP contribution in [0.2, 0.25) is 0 Å². The van der Waals surface area contributed by atoms with Crippen molar-refractivity contribution >= 4 is 0 Å². The maximum absolute atomic E-state index is 9.60. The Morgan fingerprint density at radius 2 is 1.50 bits per heavy atom. The lowest BCUT2D eigenvalue weighted by Crippen LogP contribution is -2.46. The third-order valence-corrected chi connectivity index (χ3v) is 4.15. The minimum Gasteiger partial charge on any atom is -0.393 e. The predicted octanol–water partition coefficient (Wildman–Crippen LogP) is 1.41. The standard InChI is InChI=1S/C9H14O/c10-9-6-3-1-5-2-4-7(9)8(5)6/h5-10H,1-4H2. The Morgan fingerprint density at radius 3 is 2.10 bits per heavy atom. The third kappa shape index (κ3) is 0.430. The van der Waals surface area contributed by atoms with E-state index in [2.05, 4.69) is 0 Å². The number of aliphatic hydroxyl groups is 1. The van der Waals surface area contributed by atoms with Crippen LogP contribution in [0.15, 0.2) is 0 Å². The lowest BCUT2D eigenvalue weighted by molar-refractivity contribution is -0.0766. The van der Waals surface area contributed by atoms with E-state index in [9.17, 15) is 5.11 Å². The molecule has 0 aromatic heterocycles. The summed E-state index contributed by atoms with van der Waals surface area (Å²) in [5, 5.41) is 9.60. The highest BCUT2D eigenvalue weighted by molar-refractivity contribution is 5.07. The molecule has 1 heteroatoms. The highest BCUT2D eigenvalue weighted by Crippen LogP contribution is 2.61. The fraction of sp³-hybridized carbons (Fsp3) is 1.00. The van der Waals surface area contributed by atoms with E-state index >= 15 is 0 Å². The molecule has 0 bridgehead atoms. The summed E-state index contributed by atoms with van der Waals surface area (Å²) in [6, 6.07) is 0. The molecule has 3 fully saturated rings. The van der Waals surface area contributed by atoms with Gasteiger partial charge in [0, 0.05) is 0 Å². The molecule has 56 valence electrons. The zero-order valence-corrected chi connectivity index (χ0v) is 6.16. The number of hydrogen-bond donors (Lipinski definition) is 1. The molecule has 0 heterocycles. The summed E-state index contributed by atoms with van der Waals surface area (Å²) >= 11 is 0. The van der Waals surface area contributed by atoms with E-state index in [0.717, 1.165) is 23.7 Å². The Balaban J connectivity index is 1.93. The fourth-order valence-corrected chi connectivity index (χ4v) is 3.71. The SMILES string of the molecule is OC1C2CCC3CCC1C32. The van der Waals surface area contributed by atoms with Crippen molar-refractivity contribution in [1.29, 1.82) is 0 Å². The first-order valence-corrected chi connectivity index (χ1v) is 4.56. The van der Waals surface area contributed by atoms with E-state index in [1.165, 1.54) is 25.7 Å². The Hall–Kier alpha value is -0.0400. The number of aliphatic hydroxyl groups excluding tert-OH is 1. The molecule has 0 aliphatic heterocycles. The zero-order chi connectivity index (χ0) is 6.72. The molecular weight excluding hydrogens is 124 g/mol. The monoisotopic (exact) mass is 138 g/mol. The van der Waals surface area contributed by atoms with E-state index in [4.69, 9.17) is 0 Å². The second kappa shape index (κ2) is 1.58. The second-order valence-corrected chi connectivity index (χ2v) is 4.31. The van der Waals surface area contributed by atoms with Gasteiger partial charge in [-0.15, -0.1) is 0 Å². The van der Waals surface area contributed by atoms with Crippen molar-refractivity contribution in [2.75, 3.05) is 0 Å². The Bertz CT molecular complexity index is 150. The van der Waals surface area contributed by atoms with Crippen molar-refractivity contribution in [3.8, 4) is 0 Å². The normalized spacial score (nSPS) is 63.9. The Kier molecular flexibility index (Phi) is 0.883. The molecular formula is C9H14O. The van der Waals surface area contributed by atoms with E-state index in [1.807, 2.05) is 0 Å². The predicted molar refractivity (Wildman–Crippen MR) is 38.4 cm³/mol. The van der Waals surface area contributed by atoms with Gasteiger partial charge in [-0.2, -0.15) is 0 Å². The summed E-state index contributed by atoms with van der Waals surface area (Å²) in [6.07, 6.45) is 5.60. The largest absolute Gasteiger partial charge is 0.393 e. The zero-order valence-electron chi connectivity index (χ0n) is 6.16. The van der Waals surface area contributed by atoms with Crippen molar-refractivity contribution in [1.82, 2.24) is 0 Å². The molecule has 10 heavy (non-hydrogen) atoms. The van der Waals surface area contributed by atoms with Crippen LogP contribution in [0.1, 0.15) is 25.7 Å². The first-order chi connectivity index (χ1) is 4.88. The van der Waals surface area contributed by atoms with Gasteiger partial charge in [0.1, 0.15) is 0 Å². The van der Waals surface area contributed by atoms with Crippen LogP contribution in [0.5, 0.6) is 0 Å². The van der Waals surface area contributed by atoms with Crippen molar-refractivity contribution in [2.45, 2.75) is 31.8 Å². The Morgan fingerprint density at radius 1 is 0.900 bits per heavy atom. The molecule has 0 aromatic rings. The first-order valence-electron chi connectivity index (χ1n) is 4.56. The summed E-state index contributed by atoms with van der Waals surface area (Å²) in [4.78, 5) is 0. The van der Waals surface area contributed by atoms with Gasteiger partial charge >= 0.3 is 0 Å². The van der Waals surface area contributed by atoms with E-state index in [0.29, 0.717) is 0 Å². The summed E-state index contributed by atoms with van der Waals surface area (Å²) in [5.41, 5.74) is 0. The van der Waals surface area contributed by atoms with E-state index < -0.39 is 0 Å². The molecule has 2 unspecified atom stereocenters. The average molecular weight is 138 g/mol. The molecule has 1 nitrogen and oxygen atoms in total. The van der Waals surface area contributed by atoms with Crippen LogP contribution in [0, 0.1) is 23.7 Å². The number of rotatable bonds is 0. The molecule has 3 rings (SSSR count). The highest BCUT2D eigenvalue weighted by Gasteiger charge is 2.58. The van der Waals surface area contributed by atoms with Gasteiger partial charge in [0.25, 0.3) is 0 Å². The minimum atomic E-state index is 0.109. The van der Waals surface area contributed by atoms with E-state index in [1.54, 1.807) is 0 Å². The van der Waals surface area contributed by atoms with Crippen LogP contribution in [-0.2, 0) is 0 Å². The average Bonchev–Trinajstić information content (AvgIpc) is 2.37. The highest BCUT2D eigenvalue weighted by atomic mass is 16.3. The molecule has 3 saturated carbocycles. The maximum atomic E-state index is 9.60. The second-order valence-electron chi connectivity index (χ2n) is 4.31. The fourth-order valence-electron chi connectivity index (χ4n) is 3.71. The quantitative estimate of drug-likeness (QED) is 0.536. The summed E-state index contributed by atoms with van der Waals surface area (Å²) in [6.45, 7) is 0. The lowest BCUT2D eigenvalue weighted by atomic mass is 9.65. The van der Waals surface area contributed by atoms with Gasteiger partial charge in [0.15, 0.2) is 0 Å². The van der Waals surface area contributed by atoms with Crippen LogP contribution in [0.3, 0.4) is 0 Å². The van der Waals surface area contributed by atoms with Crippen molar-refractivity contribution in [3.63, 3.8) is 0 Å². The molecule has 0 spiro atoms. The van der Waals surface area contributed by atoms with Crippen LogP contribution in [0.25, 0.3) is 0 Å². The van der Waals surface area contributed by atoms with Crippen molar-refractivity contribution in [3.05, 3.63) is 0 Å². The van der Waals surface area contributed by atoms with Crippen molar-refractivity contribution < 1.29 is 5.11 Å². The van der Waals surface area contributed by atoms with Gasteiger partial charge in [-0.05, 0) is 49.4 Å². The molecule has 1 N–H and O–H groups in total. The topological polar surface area (TPSA) is 20.2 Å². The van der Waals surface area contributed by atoms with Gasteiger partial charge in [-0.3, -0.25) is 0 Å². The van der Waals surface area contributed by atoms with Gasteiger partial charge in [-0.25, -0.2) is 0 Å². The van der Waals surface area contributed by atoms with Gasteiger partial charge < -0.3 is 5.11 Å². The van der Waals surface area contributed by atoms with Gasteiger partial charge in [0.05, 0.1) is 6.10 Å². The molecule has 2 atom stereocenters. The van der Waals surface area contributed by atoms with Crippen LogP contribution >= 0.6 is 0 Å². The van der Waals surface area contributed by atoms with Crippen molar-refractivity contribution in [2.24, 2.45) is 23.7 Å². The summed E-state index contributed by atoms with van der Waals surface area (Å²) in [5.74, 6) is 3.46. The Labute approximate surface area is 61.4 Å². The third-order valence-electron chi connectivity index (χ3n) is 4.15. The molecule has 0 aromatic carbocycles. The van der Waals surface area contributed by atoms with Crippen LogP contribution in [0.4, 0.5) is 0 Å². The smallest absolute Gasteiger partial charge is 0.0602 e. The van der Waals surface area contributed by atoms with Gasteiger partial charge in [-0.1, -0.05) is 0 Å². The van der Waals surface area contributed by atoms with E-state index in [-0.39, 0.29) is 6.10 Å². The lowest BCUT2D eigenvalue weighted by Gasteiger charge is -2.43. The van der Waals surface area contributed by atoms with Crippen LogP contribution < -0.4 is 0 Å². The van der Waals surface area contributed by atoms with Crippen LogP contribution in [-0.4, -0.2) is 11.2 Å². The summed E-state index contributed by atoms with van der Waals surface area (Å²) in [7, 11) is 0. The number of hydrogen-bond acceptors (Lipinski definition) is 1. The van der Waals surface area contributed by atoms with Gasteiger partial charge in [0.2, 0.25) is 0 Å². The molecule has 3 aliphatic rings.